The van der Waals surface area contributed by atoms with Gasteiger partial charge in [-0.25, -0.2) is 4.39 Å². The lowest BCUT2D eigenvalue weighted by molar-refractivity contribution is -0.149. The summed E-state index contributed by atoms with van der Waals surface area (Å²) in [6.45, 7) is 4.62. The van der Waals surface area contributed by atoms with Gasteiger partial charge in [-0.15, -0.1) is 0 Å². The molecule has 0 bridgehead atoms. The molecule has 2 aromatic rings. The van der Waals surface area contributed by atoms with E-state index in [-0.39, 0.29) is 5.82 Å². The van der Waals surface area contributed by atoms with E-state index in [0.717, 1.165) is 11.3 Å². The first-order chi connectivity index (χ1) is 11.0. The van der Waals surface area contributed by atoms with Crippen LogP contribution in [0, 0.1) is 11.2 Å². The number of aliphatic carboxylic acids is 1. The molecule has 0 saturated carbocycles. The van der Waals surface area contributed by atoms with Crippen molar-refractivity contribution in [2.24, 2.45) is 5.41 Å². The van der Waals surface area contributed by atoms with Crippen LogP contribution in [-0.4, -0.2) is 17.6 Å². The molecule has 124 valence electrons. The monoisotopic (exact) mass is 319 g/mol. The Morgan fingerprint density at radius 2 is 1.83 bits per heavy atom. The third-order valence-corrected chi connectivity index (χ3v) is 4.36. The van der Waals surface area contributed by atoms with E-state index in [0.29, 0.717) is 31.7 Å². The van der Waals surface area contributed by atoms with E-state index in [1.54, 1.807) is 12.1 Å². The van der Waals surface area contributed by atoms with Crippen LogP contribution in [0.2, 0.25) is 0 Å². The molecule has 2 rings (SSSR count). The maximum atomic E-state index is 12.9. The molecular formula is C18H22FNO3. The summed E-state index contributed by atoms with van der Waals surface area (Å²) < 4.78 is 18.6. The Morgan fingerprint density at radius 3 is 2.39 bits per heavy atom. The number of hydrogen-bond donors (Lipinski definition) is 2. The molecule has 1 aromatic heterocycles. The topological polar surface area (TPSA) is 62.5 Å². The number of benzene rings is 1. The van der Waals surface area contributed by atoms with Gasteiger partial charge in [-0.2, -0.15) is 0 Å². The van der Waals surface area contributed by atoms with Crippen molar-refractivity contribution in [1.82, 2.24) is 5.32 Å². The Hall–Kier alpha value is -2.14. The van der Waals surface area contributed by atoms with E-state index in [4.69, 9.17) is 4.42 Å². The van der Waals surface area contributed by atoms with Gasteiger partial charge in [0.15, 0.2) is 0 Å². The number of carboxylic acids is 1. The molecular weight excluding hydrogens is 297 g/mol. The van der Waals surface area contributed by atoms with Crippen LogP contribution < -0.4 is 5.32 Å². The Morgan fingerprint density at radius 1 is 1.17 bits per heavy atom. The van der Waals surface area contributed by atoms with Crippen LogP contribution in [0.15, 0.2) is 40.8 Å². The third kappa shape index (κ3) is 3.99. The van der Waals surface area contributed by atoms with Crippen LogP contribution in [0.3, 0.4) is 0 Å². The quantitative estimate of drug-likeness (QED) is 0.770. The molecule has 5 heteroatoms. The minimum Gasteiger partial charge on any atom is -0.481 e. The first kappa shape index (κ1) is 17.2. The van der Waals surface area contributed by atoms with Crippen molar-refractivity contribution in [1.29, 1.82) is 0 Å². The number of halogens is 1. The number of rotatable bonds is 8. The molecule has 0 aliphatic rings. The highest BCUT2D eigenvalue weighted by Crippen LogP contribution is 2.26. The Balaban J connectivity index is 1.97. The molecule has 0 aliphatic carbocycles. The Labute approximate surface area is 135 Å². The van der Waals surface area contributed by atoms with Crippen molar-refractivity contribution < 1.29 is 18.7 Å². The lowest BCUT2D eigenvalue weighted by atomic mass is 9.82. The zero-order chi connectivity index (χ0) is 16.9. The molecule has 2 N–H and O–H groups in total. The van der Waals surface area contributed by atoms with E-state index in [1.165, 1.54) is 12.1 Å². The van der Waals surface area contributed by atoms with Crippen molar-refractivity contribution in [3.63, 3.8) is 0 Å². The van der Waals surface area contributed by atoms with Gasteiger partial charge in [-0.3, -0.25) is 4.79 Å². The van der Waals surface area contributed by atoms with Crippen molar-refractivity contribution in [3.8, 4) is 11.3 Å². The zero-order valence-electron chi connectivity index (χ0n) is 13.4. The third-order valence-electron chi connectivity index (χ3n) is 4.36. The van der Waals surface area contributed by atoms with Gasteiger partial charge in [0.2, 0.25) is 0 Å². The van der Waals surface area contributed by atoms with Crippen LogP contribution in [0.5, 0.6) is 0 Å². The lowest BCUT2D eigenvalue weighted by Gasteiger charge is -2.26. The number of carbonyl (C=O) groups is 1. The summed E-state index contributed by atoms with van der Waals surface area (Å²) in [5, 5.41) is 12.6. The van der Waals surface area contributed by atoms with Crippen molar-refractivity contribution in [2.75, 3.05) is 6.54 Å². The largest absolute Gasteiger partial charge is 0.481 e. The Kier molecular flexibility index (Phi) is 5.55. The van der Waals surface area contributed by atoms with Gasteiger partial charge < -0.3 is 14.8 Å². The standard InChI is InChI=1S/C18H22FNO3/c1-3-18(4-2,17(21)22)12-20-11-15-9-10-16(23-15)13-5-7-14(19)8-6-13/h5-10,20H,3-4,11-12H2,1-2H3,(H,21,22). The first-order valence-corrected chi connectivity index (χ1v) is 7.79. The number of carboxylic acid groups (broad SMARTS) is 1. The van der Waals surface area contributed by atoms with E-state index in [2.05, 4.69) is 5.32 Å². The molecule has 4 nitrogen and oxygen atoms in total. The fourth-order valence-electron chi connectivity index (χ4n) is 2.55. The van der Waals surface area contributed by atoms with Gasteiger partial charge in [0.25, 0.3) is 0 Å². The minimum absolute atomic E-state index is 0.286. The van der Waals surface area contributed by atoms with Gasteiger partial charge in [-0.05, 0) is 49.2 Å². The normalized spacial score (nSPS) is 11.6. The van der Waals surface area contributed by atoms with Crippen LogP contribution in [0.1, 0.15) is 32.4 Å². The molecule has 0 atom stereocenters. The fourth-order valence-corrected chi connectivity index (χ4v) is 2.55. The second kappa shape index (κ2) is 7.42. The summed E-state index contributed by atoms with van der Waals surface area (Å²) in [7, 11) is 0. The summed E-state index contributed by atoms with van der Waals surface area (Å²) in [5.74, 6) is 0.320. The van der Waals surface area contributed by atoms with Crippen LogP contribution in [0.4, 0.5) is 4.39 Å². The number of hydrogen-bond acceptors (Lipinski definition) is 3. The molecule has 0 saturated heterocycles. The summed E-state index contributed by atoms with van der Waals surface area (Å²) in [4.78, 5) is 11.4. The van der Waals surface area contributed by atoms with E-state index in [1.807, 2.05) is 26.0 Å². The summed E-state index contributed by atoms with van der Waals surface area (Å²) >= 11 is 0. The van der Waals surface area contributed by atoms with Crippen LogP contribution in [-0.2, 0) is 11.3 Å². The van der Waals surface area contributed by atoms with E-state index in [9.17, 15) is 14.3 Å². The molecule has 0 fully saturated rings. The predicted octanol–water partition coefficient (Wildman–Crippen LogP) is 4.07. The first-order valence-electron chi connectivity index (χ1n) is 7.79. The molecule has 0 unspecified atom stereocenters. The highest BCUT2D eigenvalue weighted by molar-refractivity contribution is 5.74. The molecule has 0 amide bonds. The molecule has 0 radical (unpaired) electrons. The predicted molar refractivity (Wildman–Crippen MR) is 86.5 cm³/mol. The lowest BCUT2D eigenvalue weighted by Crippen LogP contribution is -2.39. The second-order valence-electron chi connectivity index (χ2n) is 5.67. The van der Waals surface area contributed by atoms with E-state index < -0.39 is 11.4 Å². The number of nitrogens with one attached hydrogen (secondary N) is 1. The zero-order valence-corrected chi connectivity index (χ0v) is 13.4. The average Bonchev–Trinajstić information content (AvgIpc) is 3.01. The van der Waals surface area contributed by atoms with Crippen LogP contribution >= 0.6 is 0 Å². The molecule has 0 spiro atoms. The van der Waals surface area contributed by atoms with Gasteiger partial charge >= 0.3 is 5.97 Å². The summed E-state index contributed by atoms with van der Waals surface area (Å²) in [6, 6.07) is 9.77. The van der Waals surface area contributed by atoms with Crippen molar-refractivity contribution >= 4 is 5.97 Å². The summed E-state index contributed by atoms with van der Waals surface area (Å²) in [5.41, 5.74) is 0.0616. The van der Waals surface area contributed by atoms with Gasteiger partial charge in [0.05, 0.1) is 12.0 Å². The van der Waals surface area contributed by atoms with Gasteiger partial charge in [-0.1, -0.05) is 13.8 Å². The van der Waals surface area contributed by atoms with E-state index >= 15 is 0 Å². The maximum absolute atomic E-state index is 12.9. The maximum Gasteiger partial charge on any atom is 0.310 e. The average molecular weight is 319 g/mol. The highest BCUT2D eigenvalue weighted by atomic mass is 19.1. The molecule has 1 aromatic carbocycles. The molecule has 1 heterocycles. The van der Waals surface area contributed by atoms with Crippen molar-refractivity contribution in [2.45, 2.75) is 33.2 Å². The second-order valence-corrected chi connectivity index (χ2v) is 5.67. The highest BCUT2D eigenvalue weighted by Gasteiger charge is 2.34. The molecule has 23 heavy (non-hydrogen) atoms. The van der Waals surface area contributed by atoms with Gasteiger partial charge in [0, 0.05) is 12.1 Å². The SMILES string of the molecule is CCC(CC)(CNCc1ccc(-c2ccc(F)cc2)o1)C(=O)O. The minimum atomic E-state index is -0.776. The van der Waals surface area contributed by atoms with Crippen molar-refractivity contribution in [3.05, 3.63) is 48.0 Å². The summed E-state index contributed by atoms with van der Waals surface area (Å²) in [6.07, 6.45) is 1.15. The Bertz CT molecular complexity index is 645. The van der Waals surface area contributed by atoms with Gasteiger partial charge in [0.1, 0.15) is 17.3 Å². The van der Waals surface area contributed by atoms with Crippen LogP contribution in [0.25, 0.3) is 11.3 Å². The fraction of sp³-hybridized carbons (Fsp3) is 0.389. The molecule has 0 aliphatic heterocycles. The smallest absolute Gasteiger partial charge is 0.310 e. The number of furan rings is 1.